The molecule has 0 bridgehead atoms. The lowest BCUT2D eigenvalue weighted by atomic mass is 10.1. The number of amides is 2. The van der Waals surface area contributed by atoms with Gasteiger partial charge in [0, 0.05) is 32.0 Å². The molecule has 1 fully saturated rings. The van der Waals surface area contributed by atoms with Gasteiger partial charge in [0.25, 0.3) is 0 Å². The summed E-state index contributed by atoms with van der Waals surface area (Å²) in [5.74, 6) is -1.09. The van der Waals surface area contributed by atoms with Crippen LogP contribution in [0.2, 0.25) is 0 Å². The van der Waals surface area contributed by atoms with Crippen molar-refractivity contribution < 1.29 is 29.3 Å². The van der Waals surface area contributed by atoms with E-state index in [1.165, 1.54) is 0 Å². The Morgan fingerprint density at radius 1 is 1.38 bits per heavy atom. The van der Waals surface area contributed by atoms with Crippen molar-refractivity contribution >= 4 is 18.0 Å². The van der Waals surface area contributed by atoms with Crippen LogP contribution in [0.3, 0.4) is 0 Å². The Hall–Kier alpha value is -1.83. The second-order valence-electron chi connectivity index (χ2n) is 7.13. The van der Waals surface area contributed by atoms with E-state index in [9.17, 15) is 19.5 Å². The number of likely N-dealkylation sites (tertiary alicyclic amines) is 1. The molecule has 3 N–H and O–H groups in total. The molecule has 1 heterocycles. The fraction of sp³-hybridized carbons (Fsp3) is 0.812. The van der Waals surface area contributed by atoms with E-state index in [-0.39, 0.29) is 24.9 Å². The van der Waals surface area contributed by atoms with Crippen molar-refractivity contribution in [1.29, 1.82) is 0 Å². The van der Waals surface area contributed by atoms with Crippen LogP contribution in [0.1, 0.15) is 46.5 Å². The maximum absolute atomic E-state index is 11.7. The van der Waals surface area contributed by atoms with Crippen LogP contribution in [0.4, 0.5) is 4.79 Å². The molecule has 2 amide bonds. The number of hydrogen-bond donors (Lipinski definition) is 3. The first kappa shape index (κ1) is 20.2. The number of alkyl carbamates (subject to hydrolysis) is 1. The van der Waals surface area contributed by atoms with E-state index in [0.717, 1.165) is 0 Å². The number of rotatable bonds is 8. The van der Waals surface area contributed by atoms with Gasteiger partial charge in [-0.2, -0.15) is 0 Å². The lowest BCUT2D eigenvalue weighted by Crippen LogP contribution is -2.43. The van der Waals surface area contributed by atoms with Crippen molar-refractivity contribution in [2.24, 2.45) is 5.92 Å². The van der Waals surface area contributed by atoms with E-state index in [2.05, 4.69) is 5.32 Å². The third kappa shape index (κ3) is 7.16. The molecule has 1 aliphatic rings. The molecule has 8 nitrogen and oxygen atoms in total. The number of nitrogens with one attached hydrogen (secondary N) is 1. The first-order valence-electron chi connectivity index (χ1n) is 8.23. The Bertz CT molecular complexity index is 460. The quantitative estimate of drug-likeness (QED) is 0.565. The van der Waals surface area contributed by atoms with Crippen LogP contribution in [0.15, 0.2) is 0 Å². The number of carbonyl (C=O) groups excluding carboxylic acids is 2. The predicted molar refractivity (Wildman–Crippen MR) is 86.4 cm³/mol. The number of carboxylic acid groups (broad SMARTS) is 1. The highest BCUT2D eigenvalue weighted by Crippen LogP contribution is 2.18. The Balaban J connectivity index is 2.33. The van der Waals surface area contributed by atoms with Crippen LogP contribution in [0.5, 0.6) is 0 Å². The maximum atomic E-state index is 11.7. The van der Waals surface area contributed by atoms with Crippen molar-refractivity contribution in [2.45, 2.75) is 58.1 Å². The molecule has 0 aromatic carbocycles. The van der Waals surface area contributed by atoms with Gasteiger partial charge < -0.3 is 25.2 Å². The summed E-state index contributed by atoms with van der Waals surface area (Å²) in [5, 5.41) is 20.6. The van der Waals surface area contributed by atoms with Gasteiger partial charge in [-0.05, 0) is 40.0 Å². The predicted octanol–water partition coefficient (Wildman–Crippen LogP) is 0.975. The summed E-state index contributed by atoms with van der Waals surface area (Å²) in [6, 6.07) is -1.01. The van der Waals surface area contributed by atoms with Gasteiger partial charge in [0.05, 0.1) is 0 Å². The van der Waals surface area contributed by atoms with Gasteiger partial charge in [-0.15, -0.1) is 0 Å². The standard InChI is InChI=1S/C16H28N2O6/c1-16(2,3)24-15(23)17-12(14(21)22)6-4-5-7-18-9-11(10-19)8-13(18)20/h11-12,19H,4-10H2,1-3H3,(H,17,23)(H,21,22)/t11?,12-/m0/s1. The summed E-state index contributed by atoms with van der Waals surface area (Å²) >= 11 is 0. The van der Waals surface area contributed by atoms with Gasteiger partial charge in [-0.25, -0.2) is 9.59 Å². The molecule has 2 atom stereocenters. The zero-order chi connectivity index (χ0) is 18.3. The number of nitrogens with zero attached hydrogens (tertiary/aromatic N) is 1. The molecule has 0 saturated carbocycles. The van der Waals surface area contributed by atoms with Crippen molar-refractivity contribution in [3.63, 3.8) is 0 Å². The monoisotopic (exact) mass is 344 g/mol. The third-order valence-corrected chi connectivity index (χ3v) is 3.71. The van der Waals surface area contributed by atoms with E-state index in [1.807, 2.05) is 0 Å². The molecule has 1 rings (SSSR count). The number of hydrogen-bond acceptors (Lipinski definition) is 5. The summed E-state index contributed by atoms with van der Waals surface area (Å²) < 4.78 is 5.05. The summed E-state index contributed by atoms with van der Waals surface area (Å²) in [5.41, 5.74) is -0.688. The van der Waals surface area contributed by atoms with Crippen LogP contribution < -0.4 is 5.32 Å². The molecule has 1 aliphatic heterocycles. The average molecular weight is 344 g/mol. The molecule has 0 aromatic heterocycles. The van der Waals surface area contributed by atoms with Gasteiger partial charge in [0.1, 0.15) is 11.6 Å². The van der Waals surface area contributed by atoms with Crippen molar-refractivity contribution in [3.05, 3.63) is 0 Å². The molecule has 8 heteroatoms. The van der Waals surface area contributed by atoms with Crippen molar-refractivity contribution in [3.8, 4) is 0 Å². The highest BCUT2D eigenvalue weighted by molar-refractivity contribution is 5.80. The minimum absolute atomic E-state index is 0.00176. The number of aliphatic hydroxyl groups excluding tert-OH is 1. The van der Waals surface area contributed by atoms with Crippen molar-refractivity contribution in [1.82, 2.24) is 10.2 Å². The summed E-state index contributed by atoms with van der Waals surface area (Å²) in [6.45, 7) is 6.20. The number of carbonyl (C=O) groups is 3. The highest BCUT2D eigenvalue weighted by Gasteiger charge is 2.28. The largest absolute Gasteiger partial charge is 0.480 e. The Kier molecular flexibility index (Phi) is 7.47. The Labute approximate surface area is 142 Å². The molecular weight excluding hydrogens is 316 g/mol. The Morgan fingerprint density at radius 3 is 2.54 bits per heavy atom. The van der Waals surface area contributed by atoms with E-state index in [1.54, 1.807) is 25.7 Å². The van der Waals surface area contributed by atoms with Gasteiger partial charge in [0.15, 0.2) is 0 Å². The van der Waals surface area contributed by atoms with E-state index in [4.69, 9.17) is 9.84 Å². The molecule has 0 radical (unpaired) electrons. The molecule has 1 saturated heterocycles. The maximum Gasteiger partial charge on any atom is 0.408 e. The van der Waals surface area contributed by atoms with Gasteiger partial charge in [-0.1, -0.05) is 0 Å². The summed E-state index contributed by atoms with van der Waals surface area (Å²) in [7, 11) is 0. The third-order valence-electron chi connectivity index (χ3n) is 3.71. The molecule has 0 spiro atoms. The lowest BCUT2D eigenvalue weighted by Gasteiger charge is -2.22. The van der Waals surface area contributed by atoms with E-state index < -0.39 is 23.7 Å². The number of unbranched alkanes of at least 4 members (excludes halogenated alkanes) is 1. The van der Waals surface area contributed by atoms with Gasteiger partial charge in [-0.3, -0.25) is 4.79 Å². The molecule has 0 aromatic rings. The smallest absolute Gasteiger partial charge is 0.408 e. The normalized spacial score (nSPS) is 19.2. The fourth-order valence-corrected chi connectivity index (χ4v) is 2.55. The molecular formula is C16H28N2O6. The minimum atomic E-state index is -1.11. The van der Waals surface area contributed by atoms with Gasteiger partial charge >= 0.3 is 12.1 Å². The highest BCUT2D eigenvalue weighted by atomic mass is 16.6. The van der Waals surface area contributed by atoms with Crippen LogP contribution in [-0.2, 0) is 14.3 Å². The molecule has 138 valence electrons. The zero-order valence-corrected chi connectivity index (χ0v) is 14.6. The first-order valence-corrected chi connectivity index (χ1v) is 8.23. The molecule has 24 heavy (non-hydrogen) atoms. The molecule has 0 aliphatic carbocycles. The fourth-order valence-electron chi connectivity index (χ4n) is 2.55. The SMILES string of the molecule is CC(C)(C)OC(=O)N[C@@H](CCCCN1CC(CO)CC1=O)C(=O)O. The first-order chi connectivity index (χ1) is 11.1. The molecule has 1 unspecified atom stereocenters. The minimum Gasteiger partial charge on any atom is -0.480 e. The summed E-state index contributed by atoms with van der Waals surface area (Å²) in [4.78, 5) is 36.3. The van der Waals surface area contributed by atoms with Crippen LogP contribution in [0.25, 0.3) is 0 Å². The average Bonchev–Trinajstić information content (AvgIpc) is 2.80. The van der Waals surface area contributed by atoms with Crippen LogP contribution >= 0.6 is 0 Å². The number of aliphatic carboxylic acids is 1. The number of aliphatic hydroxyl groups is 1. The number of ether oxygens (including phenoxy) is 1. The Morgan fingerprint density at radius 2 is 2.04 bits per heavy atom. The zero-order valence-electron chi connectivity index (χ0n) is 14.6. The second kappa shape index (κ2) is 8.86. The second-order valence-corrected chi connectivity index (χ2v) is 7.13. The topological polar surface area (TPSA) is 116 Å². The van der Waals surface area contributed by atoms with Crippen LogP contribution in [0, 0.1) is 5.92 Å². The lowest BCUT2D eigenvalue weighted by molar-refractivity contribution is -0.139. The van der Waals surface area contributed by atoms with Crippen molar-refractivity contribution in [2.75, 3.05) is 19.7 Å². The van der Waals surface area contributed by atoms with E-state index >= 15 is 0 Å². The number of carboxylic acids is 1. The van der Waals surface area contributed by atoms with Gasteiger partial charge in [0.2, 0.25) is 5.91 Å². The summed E-state index contributed by atoms with van der Waals surface area (Å²) in [6.07, 6.45) is 1.08. The van der Waals surface area contributed by atoms with Crippen LogP contribution in [-0.4, -0.2) is 64.4 Å². The van der Waals surface area contributed by atoms with E-state index in [0.29, 0.717) is 32.4 Å².